The highest BCUT2D eigenvalue weighted by Gasteiger charge is 2.54. The van der Waals surface area contributed by atoms with E-state index in [9.17, 15) is 14.4 Å². The van der Waals surface area contributed by atoms with Crippen molar-refractivity contribution in [2.24, 2.45) is 0 Å². The van der Waals surface area contributed by atoms with E-state index in [4.69, 9.17) is 0 Å². The van der Waals surface area contributed by atoms with Crippen LogP contribution in [0.1, 0.15) is 26.2 Å². The summed E-state index contributed by atoms with van der Waals surface area (Å²) in [6, 6.07) is 8.06. The summed E-state index contributed by atoms with van der Waals surface area (Å²) in [4.78, 5) is 42.5. The number of anilines is 1. The monoisotopic (exact) mass is 313 g/mol. The first-order chi connectivity index (χ1) is 11.1. The fraction of sp³-hybridized carbons (Fsp3) is 0.471. The van der Waals surface area contributed by atoms with Gasteiger partial charge in [-0.3, -0.25) is 9.59 Å². The van der Waals surface area contributed by atoms with Crippen molar-refractivity contribution < 1.29 is 14.4 Å². The summed E-state index contributed by atoms with van der Waals surface area (Å²) in [6.07, 6.45) is 2.06. The van der Waals surface area contributed by atoms with E-state index in [-0.39, 0.29) is 29.9 Å². The molecular weight excluding hydrogens is 294 g/mol. The predicted octanol–water partition coefficient (Wildman–Crippen LogP) is 1.61. The Hall–Kier alpha value is -2.37. The van der Waals surface area contributed by atoms with Crippen LogP contribution >= 0.6 is 0 Å². The van der Waals surface area contributed by atoms with E-state index in [1.54, 1.807) is 9.80 Å². The van der Waals surface area contributed by atoms with Crippen LogP contribution in [0.2, 0.25) is 0 Å². The molecule has 0 N–H and O–H groups in total. The van der Waals surface area contributed by atoms with Crippen molar-refractivity contribution in [3.63, 3.8) is 0 Å². The van der Waals surface area contributed by atoms with Crippen LogP contribution in [0.3, 0.4) is 0 Å². The van der Waals surface area contributed by atoms with Gasteiger partial charge >= 0.3 is 6.03 Å². The number of hydrogen-bond donors (Lipinski definition) is 0. The number of para-hydroxylation sites is 1. The lowest BCUT2D eigenvalue weighted by Crippen LogP contribution is -2.46. The molecule has 3 aliphatic heterocycles. The molecule has 0 spiro atoms. The van der Waals surface area contributed by atoms with E-state index < -0.39 is 6.04 Å². The van der Waals surface area contributed by atoms with Crippen molar-refractivity contribution in [3.8, 4) is 0 Å². The van der Waals surface area contributed by atoms with Crippen molar-refractivity contribution in [1.29, 1.82) is 0 Å². The molecule has 0 aromatic heterocycles. The first kappa shape index (κ1) is 14.2. The number of carbonyl (C=O) groups is 3. The van der Waals surface area contributed by atoms with Gasteiger partial charge in [0.25, 0.3) is 11.8 Å². The molecule has 4 rings (SSSR count). The van der Waals surface area contributed by atoms with Gasteiger partial charge in [0.05, 0.1) is 0 Å². The molecule has 3 heterocycles. The molecule has 0 saturated carbocycles. The Balaban J connectivity index is 1.63. The number of fused-ring (bicyclic) bond motifs is 1. The molecule has 1 aromatic carbocycles. The Morgan fingerprint density at radius 2 is 1.65 bits per heavy atom. The number of urea groups is 1. The lowest BCUT2D eigenvalue weighted by molar-refractivity contribution is -0.133. The molecule has 6 nitrogen and oxygen atoms in total. The van der Waals surface area contributed by atoms with Crippen LogP contribution < -0.4 is 4.90 Å². The van der Waals surface area contributed by atoms with Crippen LogP contribution in [0.15, 0.2) is 30.3 Å². The summed E-state index contributed by atoms with van der Waals surface area (Å²) in [5.74, 6) is -0.362. The quantitative estimate of drug-likeness (QED) is 0.779. The second kappa shape index (κ2) is 5.08. The number of hydrogen-bond acceptors (Lipinski definition) is 3. The highest BCUT2D eigenvalue weighted by molar-refractivity contribution is 6.11. The third kappa shape index (κ3) is 1.97. The highest BCUT2D eigenvalue weighted by Crippen LogP contribution is 2.35. The number of amides is 4. The fourth-order valence-electron chi connectivity index (χ4n) is 4.03. The Kier molecular flexibility index (Phi) is 3.14. The zero-order chi connectivity index (χ0) is 16.1. The molecular formula is C17H19N3O3. The van der Waals surface area contributed by atoms with E-state index in [0.29, 0.717) is 19.4 Å². The minimum atomic E-state index is -0.671. The number of imide groups is 1. The fourth-order valence-corrected chi connectivity index (χ4v) is 4.03. The molecule has 0 unspecified atom stereocenters. The summed E-state index contributed by atoms with van der Waals surface area (Å²) in [7, 11) is 0. The Bertz CT molecular complexity index is 653. The lowest BCUT2D eigenvalue weighted by Gasteiger charge is -2.23. The van der Waals surface area contributed by atoms with Crippen LogP contribution in [-0.2, 0) is 9.59 Å². The molecule has 0 bridgehead atoms. The summed E-state index contributed by atoms with van der Waals surface area (Å²) in [5, 5.41) is 0. The van der Waals surface area contributed by atoms with Gasteiger partial charge in [0, 0.05) is 18.3 Å². The van der Waals surface area contributed by atoms with Gasteiger partial charge in [-0.15, -0.1) is 0 Å². The molecule has 3 fully saturated rings. The Labute approximate surface area is 134 Å². The predicted molar refractivity (Wildman–Crippen MR) is 83.8 cm³/mol. The third-order valence-corrected chi connectivity index (χ3v) is 5.10. The molecule has 0 radical (unpaired) electrons. The maximum absolute atomic E-state index is 12.9. The van der Waals surface area contributed by atoms with Gasteiger partial charge in [0.1, 0.15) is 12.1 Å². The average molecular weight is 313 g/mol. The summed E-state index contributed by atoms with van der Waals surface area (Å²) >= 11 is 0. The number of benzene rings is 1. The average Bonchev–Trinajstić information content (AvgIpc) is 3.19. The van der Waals surface area contributed by atoms with Gasteiger partial charge in [0.2, 0.25) is 0 Å². The second-order valence-electron chi connectivity index (χ2n) is 6.49. The summed E-state index contributed by atoms with van der Waals surface area (Å²) < 4.78 is 0. The van der Waals surface area contributed by atoms with Crippen molar-refractivity contribution in [3.05, 3.63) is 30.3 Å². The first-order valence-corrected chi connectivity index (χ1v) is 8.11. The summed E-state index contributed by atoms with van der Waals surface area (Å²) in [5.41, 5.74) is 0.812. The van der Waals surface area contributed by atoms with Crippen LogP contribution in [0.5, 0.6) is 0 Å². The molecule has 6 heteroatoms. The van der Waals surface area contributed by atoms with Crippen LogP contribution in [0, 0.1) is 0 Å². The standard InChI is InChI=1S/C17H19N3O3/c1-11-10-14(16(22)19(11)12-6-3-2-4-7-12)20-15(21)13-8-5-9-18(13)17(20)23/h2-4,6-7,11,13-14H,5,8-10H2,1H3/t11-,13-,14-/m1/s1. The van der Waals surface area contributed by atoms with E-state index in [1.165, 1.54) is 4.90 Å². The normalized spacial score (nSPS) is 30.6. The summed E-state index contributed by atoms with van der Waals surface area (Å²) in [6.45, 7) is 2.57. The van der Waals surface area contributed by atoms with E-state index in [2.05, 4.69) is 0 Å². The number of carbonyl (C=O) groups excluding carboxylic acids is 3. The van der Waals surface area contributed by atoms with E-state index >= 15 is 0 Å². The maximum atomic E-state index is 12.9. The van der Waals surface area contributed by atoms with Crippen LogP contribution in [-0.4, -0.2) is 52.3 Å². The van der Waals surface area contributed by atoms with Crippen molar-refractivity contribution in [2.45, 2.75) is 44.3 Å². The Morgan fingerprint density at radius 3 is 2.35 bits per heavy atom. The van der Waals surface area contributed by atoms with E-state index in [1.807, 2.05) is 37.3 Å². The smallest absolute Gasteiger partial charge is 0.312 e. The molecule has 23 heavy (non-hydrogen) atoms. The Morgan fingerprint density at radius 1 is 0.957 bits per heavy atom. The van der Waals surface area contributed by atoms with Gasteiger partial charge in [-0.2, -0.15) is 0 Å². The highest BCUT2D eigenvalue weighted by atomic mass is 16.2. The minimum absolute atomic E-state index is 0.0362. The number of nitrogens with zero attached hydrogens (tertiary/aromatic N) is 3. The first-order valence-electron chi connectivity index (χ1n) is 8.11. The molecule has 3 aliphatic rings. The van der Waals surface area contributed by atoms with Crippen molar-refractivity contribution >= 4 is 23.5 Å². The molecule has 3 saturated heterocycles. The topological polar surface area (TPSA) is 60.9 Å². The lowest BCUT2D eigenvalue weighted by atomic mass is 10.1. The zero-order valence-electron chi connectivity index (χ0n) is 13.0. The van der Waals surface area contributed by atoms with Gasteiger partial charge in [-0.25, -0.2) is 9.69 Å². The van der Waals surface area contributed by atoms with Crippen LogP contribution in [0.4, 0.5) is 10.5 Å². The number of rotatable bonds is 2. The van der Waals surface area contributed by atoms with Gasteiger partial charge < -0.3 is 9.80 Å². The SMILES string of the molecule is C[C@@H]1C[C@@H](N2C(=O)[C@H]3CCCN3C2=O)C(=O)N1c1ccccc1. The van der Waals surface area contributed by atoms with Gasteiger partial charge in [-0.05, 0) is 38.3 Å². The molecule has 1 aromatic rings. The molecule has 3 atom stereocenters. The molecule has 4 amide bonds. The largest absolute Gasteiger partial charge is 0.328 e. The zero-order valence-corrected chi connectivity index (χ0v) is 13.0. The molecule has 120 valence electrons. The van der Waals surface area contributed by atoms with E-state index in [0.717, 1.165) is 12.1 Å². The van der Waals surface area contributed by atoms with Crippen molar-refractivity contribution in [2.75, 3.05) is 11.4 Å². The third-order valence-electron chi connectivity index (χ3n) is 5.10. The van der Waals surface area contributed by atoms with Gasteiger partial charge in [0.15, 0.2) is 0 Å². The minimum Gasteiger partial charge on any atom is -0.312 e. The second-order valence-corrected chi connectivity index (χ2v) is 6.49. The maximum Gasteiger partial charge on any atom is 0.328 e. The van der Waals surface area contributed by atoms with Crippen molar-refractivity contribution in [1.82, 2.24) is 9.80 Å². The van der Waals surface area contributed by atoms with Gasteiger partial charge in [-0.1, -0.05) is 18.2 Å². The molecule has 0 aliphatic carbocycles. The van der Waals surface area contributed by atoms with Crippen LogP contribution in [0.25, 0.3) is 0 Å².